The van der Waals surface area contributed by atoms with Crippen molar-refractivity contribution in [3.63, 3.8) is 0 Å². The Balaban J connectivity index is 3.20. The van der Waals surface area contributed by atoms with Crippen LogP contribution < -0.4 is 0 Å². The summed E-state index contributed by atoms with van der Waals surface area (Å²) >= 11 is 6.56. The second-order valence-electron chi connectivity index (χ2n) is 4.17. The number of carboxylic acid groups (broad SMARTS) is 1. The van der Waals surface area contributed by atoms with E-state index in [1.54, 1.807) is 13.0 Å². The number of carboxylic acids is 1. The molecule has 112 valence electrons. The van der Waals surface area contributed by atoms with E-state index < -0.39 is 16.0 Å². The van der Waals surface area contributed by atoms with Crippen molar-refractivity contribution < 1.29 is 18.3 Å². The Labute approximate surface area is 135 Å². The van der Waals surface area contributed by atoms with E-state index in [9.17, 15) is 13.2 Å². The fourth-order valence-electron chi connectivity index (χ4n) is 1.63. The highest BCUT2D eigenvalue weighted by molar-refractivity contribution is 9.11. The molecule has 0 fully saturated rings. The van der Waals surface area contributed by atoms with Crippen molar-refractivity contribution >= 4 is 47.9 Å². The van der Waals surface area contributed by atoms with Crippen LogP contribution in [0.4, 0.5) is 0 Å². The smallest absolute Gasteiger partial charge is 0.304 e. The average molecular weight is 429 g/mol. The molecule has 1 aromatic rings. The molecule has 0 bridgehead atoms. The van der Waals surface area contributed by atoms with Gasteiger partial charge in [0, 0.05) is 22.0 Å². The number of nitrogens with zero attached hydrogens (tertiary/aromatic N) is 1. The third-order valence-electron chi connectivity index (χ3n) is 2.76. The second-order valence-corrected chi connectivity index (χ2v) is 7.79. The van der Waals surface area contributed by atoms with Gasteiger partial charge in [-0.15, -0.1) is 0 Å². The highest BCUT2D eigenvalue weighted by atomic mass is 79.9. The number of halogens is 2. The molecule has 20 heavy (non-hydrogen) atoms. The van der Waals surface area contributed by atoms with Gasteiger partial charge in [0.25, 0.3) is 0 Å². The number of hydrogen-bond acceptors (Lipinski definition) is 3. The number of aliphatic carboxylic acids is 1. The Hall–Kier alpha value is -0.440. The second kappa shape index (κ2) is 7.02. The number of benzene rings is 1. The molecule has 0 aliphatic carbocycles. The summed E-state index contributed by atoms with van der Waals surface area (Å²) in [4.78, 5) is 10.7. The molecule has 1 aromatic carbocycles. The Kier molecular flexibility index (Phi) is 6.18. The number of hydrogen-bond donors (Lipinski definition) is 1. The van der Waals surface area contributed by atoms with Crippen LogP contribution in [-0.2, 0) is 14.8 Å². The minimum Gasteiger partial charge on any atom is -0.481 e. The number of carbonyl (C=O) groups is 1. The minimum absolute atomic E-state index is 0.0495. The molecule has 0 saturated heterocycles. The van der Waals surface area contributed by atoms with Crippen molar-refractivity contribution in [2.75, 3.05) is 13.1 Å². The average Bonchev–Trinajstić information content (AvgIpc) is 2.33. The van der Waals surface area contributed by atoms with E-state index in [4.69, 9.17) is 5.11 Å². The van der Waals surface area contributed by atoms with Crippen LogP contribution in [0, 0.1) is 6.92 Å². The molecular formula is C12H15Br2NO4S. The van der Waals surface area contributed by atoms with Crippen LogP contribution in [0.5, 0.6) is 0 Å². The maximum Gasteiger partial charge on any atom is 0.304 e. The molecule has 0 spiro atoms. The Morgan fingerprint density at radius 3 is 2.40 bits per heavy atom. The van der Waals surface area contributed by atoms with Crippen LogP contribution in [0.3, 0.4) is 0 Å². The van der Waals surface area contributed by atoms with Crippen LogP contribution in [0.15, 0.2) is 26.0 Å². The fraction of sp³-hybridized carbons (Fsp3) is 0.417. The first-order valence-corrected chi connectivity index (χ1v) is 8.90. The first-order valence-electron chi connectivity index (χ1n) is 5.87. The SMILES string of the molecule is CCN(CCC(=O)O)S(=O)(=O)c1cc(Br)c(C)cc1Br. The summed E-state index contributed by atoms with van der Waals surface area (Å²) in [5, 5.41) is 8.69. The van der Waals surface area contributed by atoms with Crippen LogP contribution in [-0.4, -0.2) is 36.9 Å². The van der Waals surface area contributed by atoms with Crippen molar-refractivity contribution in [3.05, 3.63) is 26.6 Å². The van der Waals surface area contributed by atoms with Crippen molar-refractivity contribution in [1.82, 2.24) is 4.31 Å². The third-order valence-corrected chi connectivity index (χ3v) is 6.55. The van der Waals surface area contributed by atoms with Gasteiger partial charge in [-0.25, -0.2) is 8.42 Å². The van der Waals surface area contributed by atoms with Gasteiger partial charge in [-0.2, -0.15) is 4.31 Å². The monoisotopic (exact) mass is 427 g/mol. The summed E-state index contributed by atoms with van der Waals surface area (Å²) in [5.74, 6) is -1.03. The van der Waals surface area contributed by atoms with Crippen molar-refractivity contribution in [2.24, 2.45) is 0 Å². The van der Waals surface area contributed by atoms with Crippen LogP contribution in [0.2, 0.25) is 0 Å². The van der Waals surface area contributed by atoms with E-state index >= 15 is 0 Å². The molecule has 0 unspecified atom stereocenters. The van der Waals surface area contributed by atoms with E-state index in [0.717, 1.165) is 9.87 Å². The van der Waals surface area contributed by atoms with Crippen molar-refractivity contribution in [1.29, 1.82) is 0 Å². The quantitative estimate of drug-likeness (QED) is 0.755. The van der Waals surface area contributed by atoms with E-state index in [1.807, 2.05) is 6.92 Å². The van der Waals surface area contributed by atoms with Crippen LogP contribution in [0.1, 0.15) is 18.9 Å². The zero-order valence-electron chi connectivity index (χ0n) is 11.1. The number of sulfonamides is 1. The van der Waals surface area contributed by atoms with Gasteiger partial charge in [0.1, 0.15) is 0 Å². The van der Waals surface area contributed by atoms with Gasteiger partial charge < -0.3 is 5.11 Å². The van der Waals surface area contributed by atoms with Gasteiger partial charge in [-0.3, -0.25) is 4.79 Å². The summed E-state index contributed by atoms with van der Waals surface area (Å²) < 4.78 is 27.4. The summed E-state index contributed by atoms with van der Waals surface area (Å²) in [7, 11) is -3.72. The third kappa shape index (κ3) is 4.03. The van der Waals surface area contributed by atoms with Gasteiger partial charge >= 0.3 is 5.97 Å². The highest BCUT2D eigenvalue weighted by Crippen LogP contribution is 2.30. The molecule has 0 aliphatic heterocycles. The lowest BCUT2D eigenvalue weighted by Gasteiger charge is -2.21. The van der Waals surface area contributed by atoms with Gasteiger partial charge in [0.15, 0.2) is 0 Å². The van der Waals surface area contributed by atoms with Gasteiger partial charge in [-0.1, -0.05) is 22.9 Å². The number of rotatable bonds is 6. The first-order chi connectivity index (χ1) is 9.20. The zero-order chi connectivity index (χ0) is 15.5. The van der Waals surface area contributed by atoms with E-state index in [0.29, 0.717) is 8.95 Å². The van der Waals surface area contributed by atoms with Gasteiger partial charge in [0.05, 0.1) is 11.3 Å². The first kappa shape index (κ1) is 17.6. The lowest BCUT2D eigenvalue weighted by molar-refractivity contribution is -0.137. The molecule has 0 atom stereocenters. The molecular weight excluding hydrogens is 414 g/mol. The molecule has 0 aromatic heterocycles. The predicted octanol–water partition coefficient (Wildman–Crippen LogP) is 3.01. The van der Waals surface area contributed by atoms with Gasteiger partial charge in [0.2, 0.25) is 10.0 Å². The zero-order valence-corrected chi connectivity index (χ0v) is 15.0. The Bertz CT molecular complexity index is 616. The molecule has 0 aliphatic rings. The normalized spacial score (nSPS) is 11.8. The standard InChI is InChI=1S/C12H15Br2NO4S/c1-3-15(5-4-12(16)17)20(18,19)11-7-9(13)8(2)6-10(11)14/h6-7H,3-5H2,1-2H3,(H,16,17). The molecule has 5 nitrogen and oxygen atoms in total. The molecule has 8 heteroatoms. The maximum atomic E-state index is 12.5. The summed E-state index contributed by atoms with van der Waals surface area (Å²) in [5.41, 5.74) is 0.907. The van der Waals surface area contributed by atoms with Crippen LogP contribution in [0.25, 0.3) is 0 Å². The van der Waals surface area contributed by atoms with E-state index in [1.165, 1.54) is 6.07 Å². The lowest BCUT2D eigenvalue weighted by atomic mass is 10.2. The highest BCUT2D eigenvalue weighted by Gasteiger charge is 2.26. The van der Waals surface area contributed by atoms with Crippen molar-refractivity contribution in [3.8, 4) is 0 Å². The maximum absolute atomic E-state index is 12.5. The van der Waals surface area contributed by atoms with E-state index in [2.05, 4.69) is 31.9 Å². The Morgan fingerprint density at radius 2 is 1.90 bits per heavy atom. The summed E-state index contributed by atoms with van der Waals surface area (Å²) in [6, 6.07) is 3.24. The molecule has 0 radical (unpaired) electrons. The molecule has 0 heterocycles. The van der Waals surface area contributed by atoms with Crippen LogP contribution >= 0.6 is 31.9 Å². The van der Waals surface area contributed by atoms with Crippen molar-refractivity contribution in [2.45, 2.75) is 25.2 Å². The largest absolute Gasteiger partial charge is 0.481 e. The predicted molar refractivity (Wildman–Crippen MR) is 83.3 cm³/mol. The molecule has 0 saturated carbocycles. The molecule has 1 N–H and O–H groups in total. The Morgan fingerprint density at radius 1 is 1.30 bits per heavy atom. The molecule has 0 amide bonds. The van der Waals surface area contributed by atoms with Gasteiger partial charge in [-0.05, 0) is 40.5 Å². The van der Waals surface area contributed by atoms with E-state index in [-0.39, 0.29) is 24.4 Å². The number of aryl methyl sites for hydroxylation is 1. The lowest BCUT2D eigenvalue weighted by Crippen LogP contribution is -2.33. The minimum atomic E-state index is -3.72. The molecule has 1 rings (SSSR count). The summed E-state index contributed by atoms with van der Waals surface area (Å²) in [6.45, 7) is 3.70. The summed E-state index contributed by atoms with van der Waals surface area (Å²) in [6.07, 6.45) is -0.224. The topological polar surface area (TPSA) is 74.7 Å². The fourth-order valence-corrected chi connectivity index (χ4v) is 4.72.